The molecule has 0 heterocycles. The molecule has 1 aromatic carbocycles. The van der Waals surface area contributed by atoms with Crippen molar-refractivity contribution in [2.45, 2.75) is 25.4 Å². The fourth-order valence-electron chi connectivity index (χ4n) is 1.27. The van der Waals surface area contributed by atoms with E-state index in [0.29, 0.717) is 0 Å². The first-order valence-electron chi connectivity index (χ1n) is 4.68. The molecule has 1 aromatic rings. The molecule has 0 bridgehead atoms. The Bertz CT molecular complexity index is 391. The highest BCUT2D eigenvalue weighted by Gasteiger charge is 2.59. The molecule has 0 spiro atoms. The molecule has 1 rings (SSSR count). The molecule has 8 heteroatoms. The van der Waals surface area contributed by atoms with Crippen molar-refractivity contribution in [2.24, 2.45) is 0 Å². The molecular formula is C10H9F6NO. The van der Waals surface area contributed by atoms with Crippen molar-refractivity contribution in [3.63, 3.8) is 0 Å². The van der Waals surface area contributed by atoms with E-state index in [1.54, 1.807) is 0 Å². The van der Waals surface area contributed by atoms with E-state index in [4.69, 9.17) is 5.73 Å². The van der Waals surface area contributed by atoms with Crippen LogP contribution in [-0.4, -0.2) is 18.5 Å². The van der Waals surface area contributed by atoms with Gasteiger partial charge in [-0.25, -0.2) is 0 Å². The predicted molar refractivity (Wildman–Crippen MR) is 52.1 cm³/mol. The van der Waals surface area contributed by atoms with E-state index in [-0.39, 0.29) is 11.3 Å². The SMILES string of the molecule is Cc1cccc(N)c1OC(C(F)(F)F)C(F)(F)F. The Morgan fingerprint density at radius 2 is 1.56 bits per heavy atom. The van der Waals surface area contributed by atoms with Gasteiger partial charge in [0.25, 0.3) is 6.10 Å². The Morgan fingerprint density at radius 3 is 1.94 bits per heavy atom. The quantitative estimate of drug-likeness (QED) is 0.661. The van der Waals surface area contributed by atoms with Crippen molar-refractivity contribution in [2.75, 3.05) is 5.73 Å². The van der Waals surface area contributed by atoms with Gasteiger partial charge in [-0.05, 0) is 18.6 Å². The van der Waals surface area contributed by atoms with Gasteiger partial charge in [0.15, 0.2) is 0 Å². The highest BCUT2D eigenvalue weighted by molar-refractivity contribution is 5.56. The monoisotopic (exact) mass is 273 g/mol. The lowest BCUT2D eigenvalue weighted by Gasteiger charge is -2.25. The molecule has 102 valence electrons. The van der Waals surface area contributed by atoms with Crippen LogP contribution in [0.2, 0.25) is 0 Å². The fourth-order valence-corrected chi connectivity index (χ4v) is 1.27. The number of hydrogen-bond donors (Lipinski definition) is 1. The summed E-state index contributed by atoms with van der Waals surface area (Å²) in [5.74, 6) is -0.614. The summed E-state index contributed by atoms with van der Waals surface area (Å²) in [4.78, 5) is 0. The number of halogens is 6. The van der Waals surface area contributed by atoms with Crippen LogP contribution >= 0.6 is 0 Å². The van der Waals surface area contributed by atoms with Gasteiger partial charge < -0.3 is 10.5 Å². The van der Waals surface area contributed by atoms with Crippen LogP contribution in [0.4, 0.5) is 32.0 Å². The van der Waals surface area contributed by atoms with E-state index >= 15 is 0 Å². The number of ether oxygens (including phenoxy) is 1. The third kappa shape index (κ3) is 3.21. The third-order valence-electron chi connectivity index (χ3n) is 2.07. The lowest BCUT2D eigenvalue weighted by atomic mass is 10.2. The minimum Gasteiger partial charge on any atom is -0.469 e. The van der Waals surface area contributed by atoms with Crippen LogP contribution in [0.5, 0.6) is 5.75 Å². The highest BCUT2D eigenvalue weighted by Crippen LogP contribution is 2.38. The Morgan fingerprint density at radius 1 is 1.06 bits per heavy atom. The number of aryl methyl sites for hydroxylation is 1. The number of alkyl halides is 6. The minimum atomic E-state index is -5.56. The molecule has 0 aliphatic heterocycles. The van der Waals surface area contributed by atoms with Crippen LogP contribution in [0.15, 0.2) is 18.2 Å². The Hall–Kier alpha value is -1.60. The van der Waals surface area contributed by atoms with Crippen LogP contribution < -0.4 is 10.5 Å². The topological polar surface area (TPSA) is 35.2 Å². The zero-order chi connectivity index (χ0) is 14.1. The minimum absolute atomic E-state index is 0.0912. The van der Waals surface area contributed by atoms with Crippen molar-refractivity contribution in [1.82, 2.24) is 0 Å². The second kappa shape index (κ2) is 4.58. The van der Waals surface area contributed by atoms with E-state index in [1.165, 1.54) is 19.1 Å². The summed E-state index contributed by atoms with van der Waals surface area (Å²) in [6.45, 7) is 1.30. The molecule has 18 heavy (non-hydrogen) atoms. The van der Waals surface area contributed by atoms with E-state index in [0.717, 1.165) is 6.07 Å². The normalized spacial score (nSPS) is 12.9. The summed E-state index contributed by atoms with van der Waals surface area (Å²) in [6, 6.07) is 3.86. The van der Waals surface area contributed by atoms with Gasteiger partial charge >= 0.3 is 12.4 Å². The average Bonchev–Trinajstić information content (AvgIpc) is 2.12. The molecule has 2 nitrogen and oxygen atoms in total. The first-order valence-corrected chi connectivity index (χ1v) is 4.68. The number of benzene rings is 1. The Balaban J connectivity index is 3.13. The van der Waals surface area contributed by atoms with E-state index < -0.39 is 24.2 Å². The zero-order valence-corrected chi connectivity index (χ0v) is 9.06. The largest absolute Gasteiger partial charge is 0.469 e. The number of anilines is 1. The maximum Gasteiger partial charge on any atom is 0.434 e. The molecule has 0 unspecified atom stereocenters. The summed E-state index contributed by atoms with van der Waals surface area (Å²) in [5.41, 5.74) is 5.10. The Labute approximate surface area is 98.3 Å². The molecule has 0 saturated carbocycles. The van der Waals surface area contributed by atoms with Crippen molar-refractivity contribution in [3.05, 3.63) is 23.8 Å². The molecule has 0 aliphatic rings. The molecule has 2 N–H and O–H groups in total. The molecule has 0 amide bonds. The second-order valence-electron chi connectivity index (χ2n) is 3.57. The maximum atomic E-state index is 12.3. The maximum absolute atomic E-state index is 12.3. The average molecular weight is 273 g/mol. The van der Waals surface area contributed by atoms with E-state index in [2.05, 4.69) is 4.74 Å². The van der Waals surface area contributed by atoms with E-state index in [9.17, 15) is 26.3 Å². The molecule has 0 aliphatic carbocycles. The summed E-state index contributed by atoms with van der Waals surface area (Å²) in [6.07, 6.45) is -15.0. The summed E-state index contributed by atoms with van der Waals surface area (Å²) >= 11 is 0. The number of nitrogen functional groups attached to an aromatic ring is 1. The summed E-state index contributed by atoms with van der Waals surface area (Å²) in [5, 5.41) is 0. The molecular weight excluding hydrogens is 264 g/mol. The highest BCUT2D eigenvalue weighted by atomic mass is 19.4. The van der Waals surface area contributed by atoms with Gasteiger partial charge in [-0.15, -0.1) is 0 Å². The fraction of sp³-hybridized carbons (Fsp3) is 0.400. The van der Waals surface area contributed by atoms with Gasteiger partial charge in [-0.1, -0.05) is 12.1 Å². The van der Waals surface area contributed by atoms with Crippen molar-refractivity contribution in [3.8, 4) is 5.75 Å². The first kappa shape index (κ1) is 14.5. The number of rotatable bonds is 2. The molecule has 0 saturated heterocycles. The first-order chi connectivity index (χ1) is 8.03. The van der Waals surface area contributed by atoms with Crippen LogP contribution in [0.25, 0.3) is 0 Å². The molecule has 0 atom stereocenters. The van der Waals surface area contributed by atoms with Crippen LogP contribution in [0.3, 0.4) is 0 Å². The molecule has 0 fully saturated rings. The van der Waals surface area contributed by atoms with Gasteiger partial charge in [0.1, 0.15) is 5.75 Å². The third-order valence-corrected chi connectivity index (χ3v) is 2.07. The van der Waals surface area contributed by atoms with Crippen LogP contribution in [0, 0.1) is 6.92 Å². The van der Waals surface area contributed by atoms with E-state index in [1.807, 2.05) is 0 Å². The van der Waals surface area contributed by atoms with Crippen molar-refractivity contribution < 1.29 is 31.1 Å². The summed E-state index contributed by atoms with van der Waals surface area (Å²) in [7, 11) is 0. The van der Waals surface area contributed by atoms with Crippen molar-refractivity contribution >= 4 is 5.69 Å². The smallest absolute Gasteiger partial charge is 0.434 e. The van der Waals surface area contributed by atoms with Gasteiger partial charge in [-0.3, -0.25) is 0 Å². The second-order valence-corrected chi connectivity index (χ2v) is 3.57. The molecule has 0 aromatic heterocycles. The lowest BCUT2D eigenvalue weighted by molar-refractivity contribution is -0.299. The number of para-hydroxylation sites is 1. The summed E-state index contributed by atoms with van der Waals surface area (Å²) < 4.78 is 77.7. The van der Waals surface area contributed by atoms with Gasteiger partial charge in [0, 0.05) is 0 Å². The van der Waals surface area contributed by atoms with Gasteiger partial charge in [0.2, 0.25) is 0 Å². The zero-order valence-electron chi connectivity index (χ0n) is 9.06. The predicted octanol–water partition coefficient (Wildman–Crippen LogP) is 3.45. The Kier molecular flexibility index (Phi) is 3.68. The standard InChI is InChI=1S/C10H9F6NO/c1-5-3-2-4-6(17)7(5)18-8(9(11,12)13)10(14,15)16/h2-4,8H,17H2,1H3. The van der Waals surface area contributed by atoms with Crippen LogP contribution in [0.1, 0.15) is 5.56 Å². The molecule has 0 radical (unpaired) electrons. The lowest BCUT2D eigenvalue weighted by Crippen LogP contribution is -2.46. The van der Waals surface area contributed by atoms with Crippen LogP contribution in [-0.2, 0) is 0 Å². The van der Waals surface area contributed by atoms with Gasteiger partial charge in [0.05, 0.1) is 5.69 Å². The van der Waals surface area contributed by atoms with Crippen molar-refractivity contribution in [1.29, 1.82) is 0 Å². The number of hydrogen-bond acceptors (Lipinski definition) is 2. The van der Waals surface area contributed by atoms with Gasteiger partial charge in [-0.2, -0.15) is 26.3 Å². The number of nitrogens with two attached hydrogens (primary N) is 1.